The summed E-state index contributed by atoms with van der Waals surface area (Å²) in [5, 5.41) is 0.626. The van der Waals surface area contributed by atoms with Crippen molar-refractivity contribution in [2.45, 2.75) is 45.8 Å². The highest BCUT2D eigenvalue weighted by molar-refractivity contribution is 6.30. The Balaban J connectivity index is 1.61. The maximum Gasteiger partial charge on any atom is 0.266 e. The number of hydrogen-bond donors (Lipinski definition) is 0. The minimum Gasteiger partial charge on any atom is -0.478 e. The number of nitrogens with zero attached hydrogens (tertiary/aromatic N) is 3. The molecule has 1 saturated heterocycles. The standard InChI is InChI=1S/C20H24ClN3O3/c1-13-11-18(23-14(2)22-13)26-17-9-10-24(12-17)19(25)20(3,4)27-16-7-5-15(21)6-8-16/h5-8,11,17H,9-10,12H2,1-4H3. The highest BCUT2D eigenvalue weighted by Crippen LogP contribution is 2.25. The number of aryl methyl sites for hydroxylation is 2. The summed E-state index contributed by atoms with van der Waals surface area (Å²) in [4.78, 5) is 23.3. The number of halogens is 1. The van der Waals surface area contributed by atoms with E-state index in [2.05, 4.69) is 9.97 Å². The second-order valence-corrected chi connectivity index (χ2v) is 7.68. The molecule has 2 aromatic rings. The summed E-state index contributed by atoms with van der Waals surface area (Å²) in [7, 11) is 0. The molecule has 1 aliphatic heterocycles. The van der Waals surface area contributed by atoms with Crippen molar-refractivity contribution in [3.05, 3.63) is 46.9 Å². The molecule has 144 valence electrons. The molecule has 2 heterocycles. The minimum absolute atomic E-state index is 0.0707. The SMILES string of the molecule is Cc1cc(OC2CCN(C(=O)C(C)(C)Oc3ccc(Cl)cc3)C2)nc(C)n1. The van der Waals surface area contributed by atoms with Gasteiger partial charge in [0.2, 0.25) is 5.88 Å². The third kappa shape index (κ3) is 4.89. The molecule has 1 aromatic carbocycles. The summed E-state index contributed by atoms with van der Waals surface area (Å²) >= 11 is 5.90. The number of ether oxygens (including phenoxy) is 2. The van der Waals surface area contributed by atoms with Gasteiger partial charge in [-0.05, 0) is 52.0 Å². The van der Waals surface area contributed by atoms with E-state index in [4.69, 9.17) is 21.1 Å². The quantitative estimate of drug-likeness (QED) is 0.781. The van der Waals surface area contributed by atoms with Crippen LogP contribution in [0.3, 0.4) is 0 Å². The molecule has 0 radical (unpaired) electrons. The summed E-state index contributed by atoms with van der Waals surface area (Å²) in [6.45, 7) is 8.42. The molecule has 0 N–H and O–H groups in total. The molecule has 7 heteroatoms. The second-order valence-electron chi connectivity index (χ2n) is 7.24. The van der Waals surface area contributed by atoms with Gasteiger partial charge in [0, 0.05) is 29.7 Å². The van der Waals surface area contributed by atoms with E-state index in [1.807, 2.05) is 19.9 Å². The first-order chi connectivity index (χ1) is 12.7. The second kappa shape index (κ2) is 7.72. The van der Waals surface area contributed by atoms with Gasteiger partial charge in [0.1, 0.15) is 17.7 Å². The van der Waals surface area contributed by atoms with Gasteiger partial charge in [0.15, 0.2) is 5.60 Å². The van der Waals surface area contributed by atoms with Gasteiger partial charge in [-0.2, -0.15) is 4.98 Å². The van der Waals surface area contributed by atoms with Crippen LogP contribution in [0.25, 0.3) is 0 Å². The average Bonchev–Trinajstić information content (AvgIpc) is 3.03. The Morgan fingerprint density at radius 2 is 1.93 bits per heavy atom. The Kier molecular flexibility index (Phi) is 5.56. The van der Waals surface area contributed by atoms with Crippen LogP contribution in [0.2, 0.25) is 5.02 Å². The molecule has 1 amide bonds. The predicted octanol–water partition coefficient (Wildman–Crippen LogP) is 3.58. The van der Waals surface area contributed by atoms with Crippen molar-refractivity contribution in [1.29, 1.82) is 0 Å². The van der Waals surface area contributed by atoms with Crippen molar-refractivity contribution < 1.29 is 14.3 Å². The number of carbonyl (C=O) groups excluding carboxylic acids is 1. The van der Waals surface area contributed by atoms with Gasteiger partial charge in [0.25, 0.3) is 5.91 Å². The van der Waals surface area contributed by atoms with E-state index in [0.29, 0.717) is 35.6 Å². The average molecular weight is 390 g/mol. The third-order valence-corrected chi connectivity index (χ3v) is 4.62. The van der Waals surface area contributed by atoms with E-state index in [1.54, 1.807) is 43.0 Å². The van der Waals surface area contributed by atoms with E-state index in [-0.39, 0.29) is 12.0 Å². The van der Waals surface area contributed by atoms with Gasteiger partial charge >= 0.3 is 0 Å². The monoisotopic (exact) mass is 389 g/mol. The normalized spacial score (nSPS) is 17.1. The summed E-state index contributed by atoms with van der Waals surface area (Å²) < 4.78 is 11.9. The van der Waals surface area contributed by atoms with Gasteiger partial charge in [-0.25, -0.2) is 4.98 Å². The Morgan fingerprint density at radius 3 is 2.59 bits per heavy atom. The van der Waals surface area contributed by atoms with Crippen molar-refractivity contribution in [1.82, 2.24) is 14.9 Å². The summed E-state index contributed by atoms with van der Waals surface area (Å²) in [5.41, 5.74) is -0.119. The number of likely N-dealkylation sites (tertiary alicyclic amines) is 1. The van der Waals surface area contributed by atoms with Crippen molar-refractivity contribution in [3.8, 4) is 11.6 Å². The summed E-state index contributed by atoms with van der Waals surface area (Å²) in [6, 6.07) is 8.80. The zero-order valence-corrected chi connectivity index (χ0v) is 16.8. The van der Waals surface area contributed by atoms with Crippen LogP contribution >= 0.6 is 11.6 Å². The predicted molar refractivity (Wildman–Crippen MR) is 103 cm³/mol. The number of hydrogen-bond acceptors (Lipinski definition) is 5. The first-order valence-electron chi connectivity index (χ1n) is 8.96. The molecular formula is C20H24ClN3O3. The lowest BCUT2D eigenvalue weighted by Crippen LogP contribution is -2.48. The molecule has 3 rings (SSSR count). The van der Waals surface area contributed by atoms with Crippen molar-refractivity contribution >= 4 is 17.5 Å². The molecule has 0 aliphatic carbocycles. The van der Waals surface area contributed by atoms with Crippen LogP contribution in [0, 0.1) is 13.8 Å². The molecule has 0 bridgehead atoms. The third-order valence-electron chi connectivity index (χ3n) is 4.36. The maximum absolute atomic E-state index is 12.9. The fraction of sp³-hybridized carbons (Fsp3) is 0.450. The lowest BCUT2D eigenvalue weighted by atomic mass is 10.1. The number of rotatable bonds is 5. The van der Waals surface area contributed by atoms with Gasteiger partial charge in [0.05, 0.1) is 6.54 Å². The molecule has 1 unspecified atom stereocenters. The maximum atomic E-state index is 12.9. The molecule has 0 spiro atoms. The first-order valence-corrected chi connectivity index (χ1v) is 9.33. The fourth-order valence-electron chi connectivity index (χ4n) is 3.14. The van der Waals surface area contributed by atoms with Crippen LogP contribution in [0.1, 0.15) is 31.8 Å². The minimum atomic E-state index is -0.981. The lowest BCUT2D eigenvalue weighted by Gasteiger charge is -2.30. The van der Waals surface area contributed by atoms with Crippen molar-refractivity contribution in [3.63, 3.8) is 0 Å². The molecule has 6 nitrogen and oxygen atoms in total. The zero-order valence-electron chi connectivity index (χ0n) is 16.0. The Morgan fingerprint density at radius 1 is 1.22 bits per heavy atom. The molecule has 1 atom stereocenters. The smallest absolute Gasteiger partial charge is 0.266 e. The molecular weight excluding hydrogens is 366 g/mol. The van der Waals surface area contributed by atoms with E-state index in [1.165, 1.54) is 0 Å². The van der Waals surface area contributed by atoms with E-state index in [0.717, 1.165) is 12.1 Å². The fourth-order valence-corrected chi connectivity index (χ4v) is 3.27. The van der Waals surface area contributed by atoms with Crippen LogP contribution in [0.4, 0.5) is 0 Å². The van der Waals surface area contributed by atoms with Crippen LogP contribution in [-0.4, -0.2) is 45.6 Å². The lowest BCUT2D eigenvalue weighted by molar-refractivity contribution is -0.144. The van der Waals surface area contributed by atoms with Crippen molar-refractivity contribution in [2.75, 3.05) is 13.1 Å². The highest BCUT2D eigenvalue weighted by atomic mass is 35.5. The van der Waals surface area contributed by atoms with Gasteiger partial charge in [-0.15, -0.1) is 0 Å². The number of benzene rings is 1. The van der Waals surface area contributed by atoms with Crippen LogP contribution in [0.15, 0.2) is 30.3 Å². The molecule has 1 fully saturated rings. The highest BCUT2D eigenvalue weighted by Gasteiger charge is 2.38. The largest absolute Gasteiger partial charge is 0.478 e. The van der Waals surface area contributed by atoms with E-state index in [9.17, 15) is 4.79 Å². The van der Waals surface area contributed by atoms with Crippen LogP contribution in [-0.2, 0) is 4.79 Å². The zero-order chi connectivity index (χ0) is 19.6. The van der Waals surface area contributed by atoms with Gasteiger partial charge in [-0.3, -0.25) is 4.79 Å². The van der Waals surface area contributed by atoms with Gasteiger partial charge < -0.3 is 14.4 Å². The Labute approximate surface area is 164 Å². The van der Waals surface area contributed by atoms with Crippen molar-refractivity contribution in [2.24, 2.45) is 0 Å². The topological polar surface area (TPSA) is 64.5 Å². The first kappa shape index (κ1) is 19.4. The number of amides is 1. The molecule has 27 heavy (non-hydrogen) atoms. The van der Waals surface area contributed by atoms with Gasteiger partial charge in [-0.1, -0.05) is 11.6 Å². The Bertz CT molecular complexity index is 803. The number of aromatic nitrogens is 2. The van der Waals surface area contributed by atoms with E-state index < -0.39 is 5.60 Å². The Hall–Kier alpha value is -2.34. The van der Waals surface area contributed by atoms with Crippen LogP contribution < -0.4 is 9.47 Å². The molecule has 0 saturated carbocycles. The summed E-state index contributed by atoms with van der Waals surface area (Å²) in [6.07, 6.45) is 0.666. The summed E-state index contributed by atoms with van der Waals surface area (Å²) in [5.74, 6) is 1.76. The molecule has 1 aromatic heterocycles. The van der Waals surface area contributed by atoms with E-state index >= 15 is 0 Å². The number of carbonyl (C=O) groups is 1. The molecule has 1 aliphatic rings. The van der Waals surface area contributed by atoms with Crippen LogP contribution in [0.5, 0.6) is 11.6 Å².